The summed E-state index contributed by atoms with van der Waals surface area (Å²) < 4.78 is 0. The van der Waals surface area contributed by atoms with Gasteiger partial charge in [0.25, 0.3) is 0 Å². The second kappa shape index (κ2) is 4.94. The fourth-order valence-electron chi connectivity index (χ4n) is 1.77. The number of hydrogen-bond donors (Lipinski definition) is 2. The molecule has 1 heterocycles. The molecule has 1 aliphatic heterocycles. The zero-order chi connectivity index (χ0) is 10.5. The monoisotopic (exact) mass is 204 g/mol. The molecule has 1 unspecified atom stereocenters. The molecule has 0 bridgehead atoms. The van der Waals surface area contributed by atoms with Gasteiger partial charge in [-0.3, -0.25) is 4.79 Å². The van der Waals surface area contributed by atoms with Crippen LogP contribution in [0.2, 0.25) is 0 Å². The number of nitrogens with one attached hydrogen (secondary N) is 2. The van der Waals surface area contributed by atoms with Crippen LogP contribution in [0.15, 0.2) is 30.3 Å². The molecule has 2 rings (SSSR count). The van der Waals surface area contributed by atoms with Crippen molar-refractivity contribution in [3.8, 4) is 0 Å². The van der Waals surface area contributed by atoms with Crippen LogP contribution in [-0.4, -0.2) is 18.5 Å². The second-order valence-corrected chi connectivity index (χ2v) is 3.91. The van der Waals surface area contributed by atoms with Gasteiger partial charge in [-0.1, -0.05) is 30.3 Å². The first-order valence-corrected chi connectivity index (χ1v) is 5.38. The Morgan fingerprint density at radius 2 is 2.13 bits per heavy atom. The Bertz CT molecular complexity index is 314. The molecule has 80 valence electrons. The molecule has 2 N–H and O–H groups in total. The standard InChI is InChI=1S/C12H16N2O/c15-12-7-6-11(9-14-12)13-8-10-4-2-1-3-5-10/h1-5,11,13H,6-9H2,(H,14,15). The van der Waals surface area contributed by atoms with Crippen LogP contribution < -0.4 is 10.6 Å². The predicted molar refractivity (Wildman–Crippen MR) is 59.3 cm³/mol. The summed E-state index contributed by atoms with van der Waals surface area (Å²) in [6.45, 7) is 1.63. The molecule has 1 aromatic rings. The molecule has 1 atom stereocenters. The Morgan fingerprint density at radius 1 is 1.33 bits per heavy atom. The minimum absolute atomic E-state index is 0.174. The molecule has 1 aliphatic rings. The van der Waals surface area contributed by atoms with Crippen LogP contribution in [0.1, 0.15) is 18.4 Å². The van der Waals surface area contributed by atoms with Crippen molar-refractivity contribution in [2.75, 3.05) is 6.54 Å². The average molecular weight is 204 g/mol. The van der Waals surface area contributed by atoms with Crippen molar-refractivity contribution in [3.05, 3.63) is 35.9 Å². The van der Waals surface area contributed by atoms with Crippen molar-refractivity contribution in [1.82, 2.24) is 10.6 Å². The van der Waals surface area contributed by atoms with Crippen LogP contribution in [0.3, 0.4) is 0 Å². The van der Waals surface area contributed by atoms with Crippen LogP contribution in [0, 0.1) is 0 Å². The van der Waals surface area contributed by atoms with Crippen molar-refractivity contribution < 1.29 is 4.79 Å². The summed E-state index contributed by atoms with van der Waals surface area (Å²) in [5, 5.41) is 6.31. The van der Waals surface area contributed by atoms with Gasteiger partial charge in [-0.15, -0.1) is 0 Å². The average Bonchev–Trinajstić information content (AvgIpc) is 2.30. The number of piperidine rings is 1. The van der Waals surface area contributed by atoms with Crippen LogP contribution in [0.5, 0.6) is 0 Å². The van der Waals surface area contributed by atoms with Gasteiger partial charge in [0.15, 0.2) is 0 Å². The highest BCUT2D eigenvalue weighted by molar-refractivity contribution is 5.76. The summed E-state index contributed by atoms with van der Waals surface area (Å²) in [7, 11) is 0. The smallest absolute Gasteiger partial charge is 0.220 e. The number of hydrogen-bond acceptors (Lipinski definition) is 2. The van der Waals surface area contributed by atoms with Gasteiger partial charge in [0.05, 0.1) is 0 Å². The second-order valence-electron chi connectivity index (χ2n) is 3.91. The number of rotatable bonds is 3. The highest BCUT2D eigenvalue weighted by Crippen LogP contribution is 2.04. The number of carbonyl (C=O) groups is 1. The molecule has 15 heavy (non-hydrogen) atoms. The van der Waals surface area contributed by atoms with Gasteiger partial charge in [0, 0.05) is 25.6 Å². The molecule has 0 spiro atoms. The molecule has 0 saturated carbocycles. The van der Waals surface area contributed by atoms with E-state index >= 15 is 0 Å². The van der Waals surface area contributed by atoms with E-state index in [1.54, 1.807) is 0 Å². The summed E-state index contributed by atoms with van der Waals surface area (Å²) in [6.07, 6.45) is 1.59. The molecule has 1 aromatic carbocycles. The lowest BCUT2D eigenvalue weighted by Crippen LogP contribution is -2.45. The van der Waals surface area contributed by atoms with E-state index in [-0.39, 0.29) is 5.91 Å². The molecule has 0 aromatic heterocycles. The summed E-state index contributed by atoms with van der Waals surface area (Å²) in [4.78, 5) is 10.9. The van der Waals surface area contributed by atoms with Crippen LogP contribution in [-0.2, 0) is 11.3 Å². The molecule has 1 amide bonds. The summed E-state index contributed by atoms with van der Waals surface area (Å²) in [5.74, 6) is 0.174. The zero-order valence-corrected chi connectivity index (χ0v) is 8.70. The van der Waals surface area contributed by atoms with Gasteiger partial charge in [-0.2, -0.15) is 0 Å². The van der Waals surface area contributed by atoms with E-state index in [1.807, 2.05) is 18.2 Å². The number of amides is 1. The first-order chi connectivity index (χ1) is 7.34. The molecule has 3 nitrogen and oxygen atoms in total. The largest absolute Gasteiger partial charge is 0.355 e. The normalized spacial score (nSPS) is 21.1. The lowest BCUT2D eigenvalue weighted by atomic mass is 10.1. The fourth-order valence-corrected chi connectivity index (χ4v) is 1.77. The Kier molecular flexibility index (Phi) is 3.35. The maximum absolute atomic E-state index is 10.9. The highest BCUT2D eigenvalue weighted by Gasteiger charge is 2.16. The topological polar surface area (TPSA) is 41.1 Å². The van der Waals surface area contributed by atoms with Gasteiger partial charge < -0.3 is 10.6 Å². The van der Waals surface area contributed by atoms with Crippen LogP contribution >= 0.6 is 0 Å². The summed E-state index contributed by atoms with van der Waals surface area (Å²) in [5.41, 5.74) is 1.29. The van der Waals surface area contributed by atoms with Crippen molar-refractivity contribution in [2.45, 2.75) is 25.4 Å². The van der Waals surface area contributed by atoms with Gasteiger partial charge in [-0.25, -0.2) is 0 Å². The van der Waals surface area contributed by atoms with E-state index in [2.05, 4.69) is 22.8 Å². The molecule has 0 radical (unpaired) electrons. The molecular weight excluding hydrogens is 188 g/mol. The number of benzene rings is 1. The third kappa shape index (κ3) is 3.06. The third-order valence-corrected chi connectivity index (χ3v) is 2.70. The van der Waals surface area contributed by atoms with E-state index in [4.69, 9.17) is 0 Å². The summed E-state index contributed by atoms with van der Waals surface area (Å²) >= 11 is 0. The van der Waals surface area contributed by atoms with E-state index in [9.17, 15) is 4.79 Å². The quantitative estimate of drug-likeness (QED) is 0.773. The van der Waals surface area contributed by atoms with Crippen LogP contribution in [0.25, 0.3) is 0 Å². The Hall–Kier alpha value is -1.35. The molecule has 1 saturated heterocycles. The Balaban J connectivity index is 1.77. The van der Waals surface area contributed by atoms with Gasteiger partial charge in [-0.05, 0) is 12.0 Å². The lowest BCUT2D eigenvalue weighted by Gasteiger charge is -2.23. The van der Waals surface area contributed by atoms with Crippen LogP contribution in [0.4, 0.5) is 0 Å². The summed E-state index contributed by atoms with van der Waals surface area (Å²) in [6, 6.07) is 10.7. The Morgan fingerprint density at radius 3 is 2.80 bits per heavy atom. The van der Waals surface area contributed by atoms with Gasteiger partial charge in [0.1, 0.15) is 0 Å². The van der Waals surface area contributed by atoms with Crippen molar-refractivity contribution in [2.24, 2.45) is 0 Å². The minimum atomic E-state index is 0.174. The SMILES string of the molecule is O=C1CCC(NCc2ccccc2)CN1. The maximum Gasteiger partial charge on any atom is 0.220 e. The first-order valence-electron chi connectivity index (χ1n) is 5.38. The van der Waals surface area contributed by atoms with E-state index in [1.165, 1.54) is 5.56 Å². The molecule has 1 fully saturated rings. The van der Waals surface area contributed by atoms with E-state index in [0.29, 0.717) is 12.5 Å². The highest BCUT2D eigenvalue weighted by atomic mass is 16.1. The molecule has 3 heteroatoms. The molecular formula is C12H16N2O. The molecule has 0 aliphatic carbocycles. The van der Waals surface area contributed by atoms with Crippen molar-refractivity contribution in [1.29, 1.82) is 0 Å². The third-order valence-electron chi connectivity index (χ3n) is 2.70. The zero-order valence-electron chi connectivity index (χ0n) is 8.70. The van der Waals surface area contributed by atoms with E-state index < -0.39 is 0 Å². The van der Waals surface area contributed by atoms with Gasteiger partial charge in [0.2, 0.25) is 5.91 Å². The minimum Gasteiger partial charge on any atom is -0.355 e. The lowest BCUT2D eigenvalue weighted by molar-refractivity contribution is -0.122. The Labute approximate surface area is 89.9 Å². The first kappa shape index (κ1) is 10.2. The van der Waals surface area contributed by atoms with Crippen molar-refractivity contribution >= 4 is 5.91 Å². The van der Waals surface area contributed by atoms with Crippen molar-refractivity contribution in [3.63, 3.8) is 0 Å². The fraction of sp³-hybridized carbons (Fsp3) is 0.417. The number of carbonyl (C=O) groups excluding carboxylic acids is 1. The maximum atomic E-state index is 10.9. The van der Waals surface area contributed by atoms with Gasteiger partial charge >= 0.3 is 0 Å². The predicted octanol–water partition coefficient (Wildman–Crippen LogP) is 1.05. The van der Waals surface area contributed by atoms with E-state index in [0.717, 1.165) is 19.5 Å².